The summed E-state index contributed by atoms with van der Waals surface area (Å²) in [7, 11) is 0. The molecule has 140 valence electrons. The van der Waals surface area contributed by atoms with Gasteiger partial charge in [-0.1, -0.05) is 25.1 Å². The Morgan fingerprint density at radius 2 is 2.00 bits per heavy atom. The Kier molecular flexibility index (Phi) is 8.12. The van der Waals surface area contributed by atoms with Crippen LogP contribution in [0.1, 0.15) is 32.6 Å². The van der Waals surface area contributed by atoms with Crippen molar-refractivity contribution in [2.24, 2.45) is 0 Å². The van der Waals surface area contributed by atoms with Crippen LogP contribution in [0.4, 0.5) is 4.39 Å². The van der Waals surface area contributed by atoms with Crippen molar-refractivity contribution in [1.82, 2.24) is 10.6 Å². The zero-order chi connectivity index (χ0) is 18.9. The SMILES string of the molecule is CCc1sc(C(=O)NCC(=O)NCCSCc2ccccc2F)cc1C. The Morgan fingerprint density at radius 1 is 1.23 bits per heavy atom. The quantitative estimate of drug-likeness (QED) is 0.640. The number of halogens is 1. The first-order valence-electron chi connectivity index (χ1n) is 8.46. The normalized spacial score (nSPS) is 10.6. The van der Waals surface area contributed by atoms with Crippen LogP contribution in [0.3, 0.4) is 0 Å². The lowest BCUT2D eigenvalue weighted by Crippen LogP contribution is -2.37. The number of thioether (sulfide) groups is 1. The van der Waals surface area contributed by atoms with Gasteiger partial charge in [0, 0.05) is 22.9 Å². The van der Waals surface area contributed by atoms with E-state index in [4.69, 9.17) is 0 Å². The maximum Gasteiger partial charge on any atom is 0.261 e. The lowest BCUT2D eigenvalue weighted by atomic mass is 10.2. The van der Waals surface area contributed by atoms with E-state index >= 15 is 0 Å². The first-order valence-corrected chi connectivity index (χ1v) is 10.4. The molecule has 0 aliphatic heterocycles. The number of hydrogen-bond acceptors (Lipinski definition) is 4. The van der Waals surface area contributed by atoms with Crippen LogP contribution in [0, 0.1) is 12.7 Å². The zero-order valence-electron chi connectivity index (χ0n) is 14.9. The molecule has 2 aromatic rings. The van der Waals surface area contributed by atoms with Gasteiger partial charge >= 0.3 is 0 Å². The molecule has 0 fully saturated rings. The van der Waals surface area contributed by atoms with Gasteiger partial charge in [-0.3, -0.25) is 9.59 Å². The molecule has 0 saturated carbocycles. The Balaban J connectivity index is 1.62. The summed E-state index contributed by atoms with van der Waals surface area (Å²) in [6.07, 6.45) is 0.898. The van der Waals surface area contributed by atoms with E-state index in [-0.39, 0.29) is 24.2 Å². The molecular weight excluding hydrogens is 371 g/mol. The van der Waals surface area contributed by atoms with Crippen LogP contribution in [0.15, 0.2) is 30.3 Å². The van der Waals surface area contributed by atoms with Crippen molar-refractivity contribution in [2.75, 3.05) is 18.8 Å². The van der Waals surface area contributed by atoms with E-state index in [0.29, 0.717) is 28.5 Å². The lowest BCUT2D eigenvalue weighted by molar-refractivity contribution is -0.120. The number of carbonyl (C=O) groups is 2. The molecule has 1 heterocycles. The summed E-state index contributed by atoms with van der Waals surface area (Å²) >= 11 is 3.02. The molecule has 7 heteroatoms. The molecule has 0 atom stereocenters. The Morgan fingerprint density at radius 3 is 2.69 bits per heavy atom. The molecule has 1 aromatic heterocycles. The number of nitrogens with one attached hydrogen (secondary N) is 2. The molecule has 0 unspecified atom stereocenters. The van der Waals surface area contributed by atoms with Gasteiger partial charge in [-0.2, -0.15) is 11.8 Å². The molecule has 2 N–H and O–H groups in total. The number of aryl methyl sites for hydroxylation is 2. The molecule has 0 bridgehead atoms. The van der Waals surface area contributed by atoms with Gasteiger partial charge in [-0.05, 0) is 36.6 Å². The van der Waals surface area contributed by atoms with Gasteiger partial charge in [0.1, 0.15) is 5.82 Å². The van der Waals surface area contributed by atoms with Gasteiger partial charge in [0.25, 0.3) is 5.91 Å². The van der Waals surface area contributed by atoms with Crippen molar-refractivity contribution < 1.29 is 14.0 Å². The van der Waals surface area contributed by atoms with Crippen LogP contribution >= 0.6 is 23.1 Å². The van der Waals surface area contributed by atoms with Gasteiger partial charge in [0.05, 0.1) is 11.4 Å². The third-order valence-electron chi connectivity index (χ3n) is 3.76. The summed E-state index contributed by atoms with van der Waals surface area (Å²) in [5, 5.41) is 5.39. The van der Waals surface area contributed by atoms with E-state index in [0.717, 1.165) is 12.0 Å². The monoisotopic (exact) mass is 394 g/mol. The van der Waals surface area contributed by atoms with Gasteiger partial charge in [-0.25, -0.2) is 4.39 Å². The van der Waals surface area contributed by atoms with Crippen molar-refractivity contribution in [3.63, 3.8) is 0 Å². The Hall–Kier alpha value is -1.86. The molecule has 0 saturated heterocycles. The second-order valence-electron chi connectivity index (χ2n) is 5.75. The van der Waals surface area contributed by atoms with Crippen molar-refractivity contribution in [1.29, 1.82) is 0 Å². The van der Waals surface area contributed by atoms with Gasteiger partial charge in [-0.15, -0.1) is 11.3 Å². The average molecular weight is 395 g/mol. The van der Waals surface area contributed by atoms with E-state index in [1.807, 2.05) is 19.1 Å². The average Bonchev–Trinajstić information content (AvgIpc) is 3.01. The summed E-state index contributed by atoms with van der Waals surface area (Å²) in [5.74, 6) is 0.590. The standard InChI is InChI=1S/C19H23FN2O2S2/c1-3-16-13(2)10-17(26-16)19(24)22-11-18(23)21-8-9-25-12-14-6-4-5-7-15(14)20/h4-7,10H,3,8-9,11-12H2,1-2H3,(H,21,23)(H,22,24). The number of thiophene rings is 1. The van der Waals surface area contributed by atoms with Crippen molar-refractivity contribution >= 4 is 34.9 Å². The van der Waals surface area contributed by atoms with E-state index in [1.54, 1.807) is 23.9 Å². The van der Waals surface area contributed by atoms with E-state index in [2.05, 4.69) is 17.6 Å². The first kappa shape index (κ1) is 20.5. The highest BCUT2D eigenvalue weighted by Gasteiger charge is 2.12. The maximum atomic E-state index is 13.5. The molecule has 0 spiro atoms. The fraction of sp³-hybridized carbons (Fsp3) is 0.368. The lowest BCUT2D eigenvalue weighted by Gasteiger charge is -2.07. The largest absolute Gasteiger partial charge is 0.354 e. The zero-order valence-corrected chi connectivity index (χ0v) is 16.6. The van der Waals surface area contributed by atoms with Crippen LogP contribution in [0.25, 0.3) is 0 Å². The van der Waals surface area contributed by atoms with Crippen molar-refractivity contribution in [2.45, 2.75) is 26.0 Å². The Bertz CT molecular complexity index is 762. The third-order valence-corrected chi connectivity index (χ3v) is 6.15. The highest BCUT2D eigenvalue weighted by atomic mass is 32.2. The van der Waals surface area contributed by atoms with Gasteiger partial charge in [0.2, 0.25) is 5.91 Å². The molecule has 2 amide bonds. The van der Waals surface area contributed by atoms with E-state index in [1.165, 1.54) is 22.3 Å². The van der Waals surface area contributed by atoms with Gasteiger partial charge < -0.3 is 10.6 Å². The van der Waals surface area contributed by atoms with Crippen LogP contribution in [0.2, 0.25) is 0 Å². The van der Waals surface area contributed by atoms with Crippen molar-refractivity contribution in [3.05, 3.63) is 57.0 Å². The fourth-order valence-electron chi connectivity index (χ4n) is 2.35. The molecular formula is C19H23FN2O2S2. The molecule has 1 aromatic carbocycles. The highest BCUT2D eigenvalue weighted by Crippen LogP contribution is 2.22. The number of hydrogen-bond donors (Lipinski definition) is 2. The molecule has 0 radical (unpaired) electrons. The highest BCUT2D eigenvalue weighted by molar-refractivity contribution is 7.98. The summed E-state index contributed by atoms with van der Waals surface area (Å²) in [4.78, 5) is 25.7. The topological polar surface area (TPSA) is 58.2 Å². The molecule has 2 rings (SSSR count). The van der Waals surface area contributed by atoms with Crippen LogP contribution < -0.4 is 10.6 Å². The van der Waals surface area contributed by atoms with Crippen molar-refractivity contribution in [3.8, 4) is 0 Å². The number of carbonyl (C=O) groups excluding carboxylic acids is 2. The molecule has 0 aliphatic rings. The van der Waals surface area contributed by atoms with Crippen LogP contribution in [-0.4, -0.2) is 30.7 Å². The smallest absolute Gasteiger partial charge is 0.261 e. The second-order valence-corrected chi connectivity index (χ2v) is 7.99. The maximum absolute atomic E-state index is 13.5. The Labute approximate surface area is 161 Å². The first-order chi connectivity index (χ1) is 12.5. The van der Waals surface area contributed by atoms with E-state index in [9.17, 15) is 14.0 Å². The predicted octanol–water partition coefficient (Wildman–Crippen LogP) is 3.54. The summed E-state index contributed by atoms with van der Waals surface area (Å²) in [5.41, 5.74) is 1.77. The van der Waals surface area contributed by atoms with Gasteiger partial charge in [0.15, 0.2) is 0 Å². The third kappa shape index (κ3) is 6.14. The minimum absolute atomic E-state index is 0.0464. The summed E-state index contributed by atoms with van der Waals surface area (Å²) in [6, 6.07) is 8.53. The summed E-state index contributed by atoms with van der Waals surface area (Å²) in [6.45, 7) is 4.47. The van der Waals surface area contributed by atoms with Crippen LogP contribution in [0.5, 0.6) is 0 Å². The number of benzene rings is 1. The number of amides is 2. The molecule has 0 aliphatic carbocycles. The molecule has 4 nitrogen and oxygen atoms in total. The second kappa shape index (κ2) is 10.3. The molecule has 26 heavy (non-hydrogen) atoms. The van der Waals surface area contributed by atoms with Crippen LogP contribution in [-0.2, 0) is 17.0 Å². The predicted molar refractivity (Wildman–Crippen MR) is 106 cm³/mol. The number of rotatable bonds is 9. The van der Waals surface area contributed by atoms with E-state index < -0.39 is 0 Å². The minimum atomic E-state index is -0.228. The fourth-order valence-corrected chi connectivity index (χ4v) is 4.23. The summed E-state index contributed by atoms with van der Waals surface area (Å²) < 4.78 is 13.5. The minimum Gasteiger partial charge on any atom is -0.354 e.